The number of likely N-dealkylation sites (N-methyl/N-ethyl adjacent to an activating group) is 1. The van der Waals surface area contributed by atoms with Crippen LogP contribution in [0.3, 0.4) is 0 Å². The Morgan fingerprint density at radius 3 is 2.65 bits per heavy atom. The monoisotopic (exact) mass is 343 g/mol. The molecule has 0 spiro atoms. The van der Waals surface area contributed by atoms with Crippen molar-refractivity contribution >= 4 is 15.9 Å². The maximum atomic E-state index is 13.9. The van der Waals surface area contributed by atoms with Crippen LogP contribution in [-0.2, 0) is 13.5 Å². The minimum Gasteiger partial charge on any atom is -0.313 e. The van der Waals surface area contributed by atoms with Gasteiger partial charge in [-0.2, -0.15) is 5.10 Å². The summed E-state index contributed by atoms with van der Waals surface area (Å²) in [6, 6.07) is 3.91. The van der Waals surface area contributed by atoms with Crippen molar-refractivity contribution in [3.05, 3.63) is 51.3 Å². The van der Waals surface area contributed by atoms with Crippen molar-refractivity contribution < 1.29 is 8.78 Å². The Morgan fingerprint density at radius 1 is 1.40 bits per heavy atom. The molecular formula is C14H16BrF2N3. The first-order chi connectivity index (χ1) is 9.45. The number of nitrogens with zero attached hydrogens (tertiary/aromatic N) is 2. The summed E-state index contributed by atoms with van der Waals surface area (Å²) in [5.41, 5.74) is 2.13. The molecule has 0 aliphatic rings. The highest BCUT2D eigenvalue weighted by molar-refractivity contribution is 9.10. The highest BCUT2D eigenvalue weighted by atomic mass is 79.9. The molecule has 0 radical (unpaired) electrons. The van der Waals surface area contributed by atoms with E-state index in [-0.39, 0.29) is 6.04 Å². The Labute approximate surface area is 125 Å². The molecule has 3 nitrogen and oxygen atoms in total. The van der Waals surface area contributed by atoms with Gasteiger partial charge in [0.25, 0.3) is 0 Å². The Bertz CT molecular complexity index is 625. The largest absolute Gasteiger partial charge is 0.313 e. The molecule has 108 valence electrons. The lowest BCUT2D eigenvalue weighted by atomic mass is 10.0. The zero-order chi connectivity index (χ0) is 14.9. The van der Waals surface area contributed by atoms with Crippen LogP contribution in [0.2, 0.25) is 0 Å². The summed E-state index contributed by atoms with van der Waals surface area (Å²) in [5, 5.41) is 7.34. The van der Waals surface area contributed by atoms with Crippen LogP contribution < -0.4 is 5.32 Å². The van der Waals surface area contributed by atoms with Gasteiger partial charge in [0.2, 0.25) is 0 Å². The number of aryl methyl sites for hydroxylation is 2. The summed E-state index contributed by atoms with van der Waals surface area (Å²) < 4.78 is 29.9. The lowest BCUT2D eigenvalue weighted by Crippen LogP contribution is -2.22. The molecule has 6 heteroatoms. The van der Waals surface area contributed by atoms with Gasteiger partial charge in [0.15, 0.2) is 11.6 Å². The van der Waals surface area contributed by atoms with E-state index in [0.29, 0.717) is 12.0 Å². The fourth-order valence-corrected chi connectivity index (χ4v) is 2.75. The zero-order valence-electron chi connectivity index (χ0n) is 11.5. The van der Waals surface area contributed by atoms with E-state index in [2.05, 4.69) is 26.3 Å². The lowest BCUT2D eigenvalue weighted by Gasteiger charge is -2.18. The summed E-state index contributed by atoms with van der Waals surface area (Å²) in [5.74, 6) is -1.63. The van der Waals surface area contributed by atoms with E-state index < -0.39 is 11.6 Å². The number of rotatable bonds is 4. The molecule has 1 heterocycles. The maximum absolute atomic E-state index is 13.9. The van der Waals surface area contributed by atoms with Crippen molar-refractivity contribution in [2.24, 2.45) is 7.05 Å². The third-order valence-electron chi connectivity index (χ3n) is 3.36. The fourth-order valence-electron chi connectivity index (χ4n) is 2.25. The third kappa shape index (κ3) is 2.76. The van der Waals surface area contributed by atoms with Crippen LogP contribution in [0.15, 0.2) is 22.7 Å². The van der Waals surface area contributed by atoms with Gasteiger partial charge in [-0.25, -0.2) is 8.78 Å². The topological polar surface area (TPSA) is 29.9 Å². The molecule has 0 fully saturated rings. The first kappa shape index (κ1) is 15.1. The molecule has 2 rings (SSSR count). The number of halogens is 3. The zero-order valence-corrected chi connectivity index (χ0v) is 13.1. The van der Waals surface area contributed by atoms with Gasteiger partial charge < -0.3 is 5.32 Å². The number of benzene rings is 1. The lowest BCUT2D eigenvalue weighted by molar-refractivity contribution is 0.468. The molecular weight excluding hydrogens is 328 g/mol. The molecule has 1 N–H and O–H groups in total. The summed E-state index contributed by atoms with van der Waals surface area (Å²) in [6.07, 6.45) is 0.509. The van der Waals surface area contributed by atoms with Gasteiger partial charge in [-0.1, -0.05) is 12.1 Å². The van der Waals surface area contributed by atoms with Crippen LogP contribution in [0, 0.1) is 18.6 Å². The number of nitrogens with one attached hydrogen (secondary N) is 1. The second-order valence-electron chi connectivity index (χ2n) is 4.66. The molecule has 0 saturated carbocycles. The normalized spacial score (nSPS) is 12.7. The van der Waals surface area contributed by atoms with Crippen molar-refractivity contribution in [3.63, 3.8) is 0 Å². The molecule has 0 saturated heterocycles. The Morgan fingerprint density at radius 2 is 2.10 bits per heavy atom. The highest BCUT2D eigenvalue weighted by Crippen LogP contribution is 2.27. The quantitative estimate of drug-likeness (QED) is 0.923. The second kappa shape index (κ2) is 6.01. The van der Waals surface area contributed by atoms with Gasteiger partial charge in [-0.3, -0.25) is 4.68 Å². The molecule has 0 aliphatic heterocycles. The highest BCUT2D eigenvalue weighted by Gasteiger charge is 2.21. The molecule has 1 unspecified atom stereocenters. The van der Waals surface area contributed by atoms with Crippen molar-refractivity contribution in [1.29, 1.82) is 0 Å². The summed E-state index contributed by atoms with van der Waals surface area (Å²) >= 11 is 3.49. The molecule has 1 aromatic carbocycles. The molecule has 0 amide bonds. The first-order valence-electron chi connectivity index (χ1n) is 6.24. The average molecular weight is 344 g/mol. The number of hydrogen-bond acceptors (Lipinski definition) is 2. The van der Waals surface area contributed by atoms with E-state index in [1.54, 1.807) is 17.8 Å². The molecule has 0 bridgehead atoms. The number of hydrogen-bond donors (Lipinski definition) is 1. The Balaban J connectivity index is 2.36. The van der Waals surface area contributed by atoms with Crippen LogP contribution >= 0.6 is 15.9 Å². The van der Waals surface area contributed by atoms with Gasteiger partial charge in [-0.05, 0) is 36.0 Å². The Hall–Kier alpha value is -1.27. The standard InChI is InChI=1S/C14H16BrF2N3/c1-8-13(15)12(20(3)19-8)7-11(18-2)9-5-4-6-10(16)14(9)17/h4-6,11,18H,7H2,1-3H3. The van der Waals surface area contributed by atoms with Crippen LogP contribution in [0.25, 0.3) is 0 Å². The van der Waals surface area contributed by atoms with E-state index >= 15 is 0 Å². The van der Waals surface area contributed by atoms with Crippen LogP contribution in [0.4, 0.5) is 8.78 Å². The molecule has 20 heavy (non-hydrogen) atoms. The van der Waals surface area contributed by atoms with Crippen molar-refractivity contribution in [2.75, 3.05) is 7.05 Å². The van der Waals surface area contributed by atoms with Crippen LogP contribution in [0.1, 0.15) is 23.0 Å². The van der Waals surface area contributed by atoms with E-state index in [9.17, 15) is 8.78 Å². The maximum Gasteiger partial charge on any atom is 0.163 e. The van der Waals surface area contributed by atoms with E-state index in [4.69, 9.17) is 0 Å². The average Bonchev–Trinajstić information content (AvgIpc) is 2.65. The minimum absolute atomic E-state index is 0.318. The predicted molar refractivity (Wildman–Crippen MR) is 77.5 cm³/mol. The van der Waals surface area contributed by atoms with E-state index in [0.717, 1.165) is 21.9 Å². The number of aromatic nitrogens is 2. The van der Waals surface area contributed by atoms with E-state index in [1.165, 1.54) is 6.07 Å². The van der Waals surface area contributed by atoms with Gasteiger partial charge in [0.05, 0.1) is 15.9 Å². The molecule has 2 aromatic rings. The molecule has 0 aliphatic carbocycles. The summed E-state index contributed by atoms with van der Waals surface area (Å²) in [6.45, 7) is 1.89. The summed E-state index contributed by atoms with van der Waals surface area (Å²) in [4.78, 5) is 0. The van der Waals surface area contributed by atoms with Gasteiger partial charge in [0.1, 0.15) is 0 Å². The van der Waals surface area contributed by atoms with Gasteiger partial charge in [0, 0.05) is 25.1 Å². The van der Waals surface area contributed by atoms with Crippen LogP contribution in [0.5, 0.6) is 0 Å². The Kier molecular flexibility index (Phi) is 4.55. The minimum atomic E-state index is -0.831. The van der Waals surface area contributed by atoms with Crippen LogP contribution in [-0.4, -0.2) is 16.8 Å². The van der Waals surface area contributed by atoms with Gasteiger partial charge in [-0.15, -0.1) is 0 Å². The van der Waals surface area contributed by atoms with Crippen molar-refractivity contribution in [2.45, 2.75) is 19.4 Å². The molecule has 1 aromatic heterocycles. The third-order valence-corrected chi connectivity index (χ3v) is 4.40. The van der Waals surface area contributed by atoms with Crippen molar-refractivity contribution in [1.82, 2.24) is 15.1 Å². The second-order valence-corrected chi connectivity index (χ2v) is 5.45. The SMILES string of the molecule is CNC(Cc1c(Br)c(C)nn1C)c1cccc(F)c1F. The van der Waals surface area contributed by atoms with E-state index in [1.807, 2.05) is 14.0 Å². The first-order valence-corrected chi connectivity index (χ1v) is 7.04. The predicted octanol–water partition coefficient (Wildman–Crippen LogP) is 3.27. The smallest absolute Gasteiger partial charge is 0.163 e. The fraction of sp³-hybridized carbons (Fsp3) is 0.357. The molecule has 1 atom stereocenters. The van der Waals surface area contributed by atoms with Crippen molar-refractivity contribution in [3.8, 4) is 0 Å². The summed E-state index contributed by atoms with van der Waals surface area (Å²) in [7, 11) is 3.56. The van der Waals surface area contributed by atoms with Gasteiger partial charge >= 0.3 is 0 Å².